The zero-order valence-electron chi connectivity index (χ0n) is 18.3. The highest BCUT2D eigenvalue weighted by atomic mass is 19.4. The fourth-order valence-corrected chi connectivity index (χ4v) is 3.13. The van der Waals surface area contributed by atoms with Crippen LogP contribution < -0.4 is 4.90 Å². The van der Waals surface area contributed by atoms with Crippen LogP contribution in [0.2, 0.25) is 0 Å². The molecular formula is C23H22F6N2O2. The van der Waals surface area contributed by atoms with Crippen molar-refractivity contribution in [1.82, 2.24) is 0 Å². The zero-order chi connectivity index (χ0) is 25.2. The van der Waals surface area contributed by atoms with E-state index in [4.69, 9.17) is 10.00 Å². The largest absolute Gasteiger partial charge is 0.458 e. The van der Waals surface area contributed by atoms with E-state index >= 15 is 0 Å². The maximum Gasteiger partial charge on any atom is 0.417 e. The topological polar surface area (TPSA) is 53.3 Å². The Kier molecular flexibility index (Phi) is 7.36. The molecule has 0 bridgehead atoms. The van der Waals surface area contributed by atoms with E-state index in [0.717, 1.165) is 23.1 Å². The van der Waals surface area contributed by atoms with Crippen molar-refractivity contribution in [2.45, 2.75) is 58.2 Å². The van der Waals surface area contributed by atoms with E-state index in [1.165, 1.54) is 31.2 Å². The lowest BCUT2D eigenvalue weighted by molar-refractivity contribution is -0.156. The van der Waals surface area contributed by atoms with Crippen molar-refractivity contribution in [3.05, 3.63) is 64.7 Å². The summed E-state index contributed by atoms with van der Waals surface area (Å²) in [6, 6.07) is 7.53. The molecule has 0 aliphatic heterocycles. The van der Waals surface area contributed by atoms with Crippen LogP contribution >= 0.6 is 0 Å². The molecule has 0 saturated heterocycles. The number of esters is 1. The van der Waals surface area contributed by atoms with E-state index in [1.54, 1.807) is 20.8 Å². The third-order valence-electron chi connectivity index (χ3n) is 4.64. The minimum atomic E-state index is -4.88. The highest BCUT2D eigenvalue weighted by Crippen LogP contribution is 2.37. The van der Waals surface area contributed by atoms with E-state index in [9.17, 15) is 31.1 Å². The Balaban J connectivity index is 2.63. The Morgan fingerprint density at radius 2 is 1.58 bits per heavy atom. The number of hydrogen-bond donors (Lipinski definition) is 0. The van der Waals surface area contributed by atoms with Gasteiger partial charge in [0.1, 0.15) is 11.6 Å². The van der Waals surface area contributed by atoms with Crippen LogP contribution in [-0.4, -0.2) is 17.6 Å². The van der Waals surface area contributed by atoms with Gasteiger partial charge in [0.05, 0.1) is 22.8 Å². The van der Waals surface area contributed by atoms with Gasteiger partial charge in [0.15, 0.2) is 0 Å². The molecule has 0 aromatic heterocycles. The molecule has 0 radical (unpaired) electrons. The summed E-state index contributed by atoms with van der Waals surface area (Å²) in [5.74, 6) is -0.829. The first-order valence-corrected chi connectivity index (χ1v) is 9.80. The minimum Gasteiger partial charge on any atom is -0.458 e. The Bertz CT molecular complexity index is 1050. The van der Waals surface area contributed by atoms with Crippen LogP contribution in [-0.2, 0) is 28.4 Å². The Hall–Kier alpha value is -3.22. The molecule has 2 rings (SSSR count). The molecule has 0 aliphatic carbocycles. The Morgan fingerprint density at radius 1 is 1.00 bits per heavy atom. The Morgan fingerprint density at radius 3 is 2.09 bits per heavy atom. The molecule has 178 valence electrons. The third kappa shape index (κ3) is 6.63. The van der Waals surface area contributed by atoms with E-state index in [2.05, 4.69) is 0 Å². The van der Waals surface area contributed by atoms with Crippen LogP contribution in [0.25, 0.3) is 0 Å². The highest BCUT2D eigenvalue weighted by molar-refractivity contribution is 5.80. The number of nitrogens with zero attached hydrogens (tertiary/aromatic N) is 2. The van der Waals surface area contributed by atoms with Gasteiger partial charge < -0.3 is 9.64 Å². The van der Waals surface area contributed by atoms with Gasteiger partial charge in [-0.1, -0.05) is 18.2 Å². The lowest BCUT2D eigenvalue weighted by atomic mass is 10.0. The number of carbonyl (C=O) groups is 1. The number of carbonyl (C=O) groups excluding carboxylic acids is 1. The number of hydrogen-bond acceptors (Lipinski definition) is 4. The molecule has 0 saturated carbocycles. The third-order valence-corrected chi connectivity index (χ3v) is 4.64. The first kappa shape index (κ1) is 26.0. The van der Waals surface area contributed by atoms with Crippen LogP contribution in [0.15, 0.2) is 42.5 Å². The molecule has 2 aromatic rings. The van der Waals surface area contributed by atoms with Crippen LogP contribution in [0.5, 0.6) is 0 Å². The predicted octanol–water partition coefficient (Wildman–Crippen LogP) is 6.33. The highest BCUT2D eigenvalue weighted by Gasteiger charge is 2.37. The average molecular weight is 472 g/mol. The standard InChI is InChI=1S/C23H22F6N2O2/c1-14(20(32)33-21(2,3)4)31(13-16-7-5-6-8-18(16)22(24,25)26)17-10-9-15(12-30)19(11-17)23(27,28)29/h5-11,14H,13H2,1-4H3/t14-/m0/s1. The molecule has 0 spiro atoms. The number of nitriles is 1. The van der Waals surface area contributed by atoms with Gasteiger partial charge in [0, 0.05) is 12.2 Å². The van der Waals surface area contributed by atoms with Gasteiger partial charge in [-0.15, -0.1) is 0 Å². The molecule has 4 nitrogen and oxygen atoms in total. The van der Waals surface area contributed by atoms with Crippen LogP contribution in [0.1, 0.15) is 49.9 Å². The van der Waals surface area contributed by atoms with Gasteiger partial charge in [0.2, 0.25) is 0 Å². The van der Waals surface area contributed by atoms with Gasteiger partial charge in [-0.3, -0.25) is 0 Å². The molecular weight excluding hydrogens is 450 g/mol. The summed E-state index contributed by atoms with van der Waals surface area (Å²) in [5.41, 5.74) is -4.23. The maximum atomic E-state index is 13.5. The number of benzene rings is 2. The molecule has 1 atom stereocenters. The average Bonchev–Trinajstić information content (AvgIpc) is 2.68. The van der Waals surface area contributed by atoms with Crippen molar-refractivity contribution in [1.29, 1.82) is 5.26 Å². The van der Waals surface area contributed by atoms with E-state index in [0.29, 0.717) is 6.07 Å². The molecule has 10 heteroatoms. The second kappa shape index (κ2) is 9.33. The molecule has 33 heavy (non-hydrogen) atoms. The predicted molar refractivity (Wildman–Crippen MR) is 109 cm³/mol. The maximum absolute atomic E-state index is 13.5. The van der Waals surface area contributed by atoms with Gasteiger partial charge >= 0.3 is 18.3 Å². The quantitative estimate of drug-likeness (QED) is 0.377. The van der Waals surface area contributed by atoms with E-state index in [-0.39, 0.29) is 11.3 Å². The number of anilines is 1. The van der Waals surface area contributed by atoms with Gasteiger partial charge in [0.25, 0.3) is 0 Å². The summed E-state index contributed by atoms with van der Waals surface area (Å²) in [6.45, 7) is 5.56. The second-order valence-electron chi connectivity index (χ2n) is 8.33. The molecule has 0 heterocycles. The minimum absolute atomic E-state index is 0.184. The van der Waals surface area contributed by atoms with Crippen LogP contribution in [0, 0.1) is 11.3 Å². The lowest BCUT2D eigenvalue weighted by Gasteiger charge is -2.33. The number of halogens is 6. The summed E-state index contributed by atoms with van der Waals surface area (Å²) in [5, 5.41) is 9.03. The summed E-state index contributed by atoms with van der Waals surface area (Å²) >= 11 is 0. The van der Waals surface area contributed by atoms with Crippen molar-refractivity contribution >= 4 is 11.7 Å². The lowest BCUT2D eigenvalue weighted by Crippen LogP contribution is -2.42. The van der Waals surface area contributed by atoms with E-state index in [1.807, 2.05) is 0 Å². The fraction of sp³-hybridized carbons (Fsp3) is 0.391. The van der Waals surface area contributed by atoms with Crippen molar-refractivity contribution in [2.75, 3.05) is 4.90 Å². The molecule has 0 N–H and O–H groups in total. The van der Waals surface area contributed by atoms with Crippen molar-refractivity contribution in [2.24, 2.45) is 0 Å². The van der Waals surface area contributed by atoms with Gasteiger partial charge in [-0.25, -0.2) is 4.79 Å². The number of rotatable bonds is 5. The molecule has 0 aliphatic rings. The fourth-order valence-electron chi connectivity index (χ4n) is 3.13. The molecule has 2 aromatic carbocycles. The number of ether oxygens (including phenoxy) is 1. The van der Waals surface area contributed by atoms with Crippen molar-refractivity contribution in [3.63, 3.8) is 0 Å². The summed E-state index contributed by atoms with van der Waals surface area (Å²) in [7, 11) is 0. The zero-order valence-corrected chi connectivity index (χ0v) is 18.3. The smallest absolute Gasteiger partial charge is 0.417 e. The molecule has 0 fully saturated rings. The first-order chi connectivity index (χ1) is 15.0. The summed E-state index contributed by atoms with van der Waals surface area (Å²) < 4.78 is 86.3. The second-order valence-corrected chi connectivity index (χ2v) is 8.33. The van der Waals surface area contributed by atoms with E-state index < -0.39 is 53.2 Å². The Labute approximate surface area is 187 Å². The summed E-state index contributed by atoms with van der Waals surface area (Å²) in [4.78, 5) is 13.8. The van der Waals surface area contributed by atoms with Gasteiger partial charge in [-0.05, 0) is 57.5 Å². The monoisotopic (exact) mass is 472 g/mol. The van der Waals surface area contributed by atoms with Crippen molar-refractivity contribution < 1.29 is 35.9 Å². The van der Waals surface area contributed by atoms with Crippen LogP contribution in [0.4, 0.5) is 32.0 Å². The molecule has 0 amide bonds. The SMILES string of the molecule is C[C@@H](C(=O)OC(C)(C)C)N(Cc1ccccc1C(F)(F)F)c1ccc(C#N)c(C(F)(F)F)c1. The van der Waals surface area contributed by atoms with Gasteiger partial charge in [-0.2, -0.15) is 31.6 Å². The van der Waals surface area contributed by atoms with Crippen LogP contribution in [0.3, 0.4) is 0 Å². The molecule has 0 unspecified atom stereocenters. The number of alkyl halides is 6. The normalized spacial score (nSPS) is 13.2. The summed E-state index contributed by atoms with van der Waals surface area (Å²) in [6.07, 6.45) is -9.59. The first-order valence-electron chi connectivity index (χ1n) is 9.80. The van der Waals surface area contributed by atoms with Crippen molar-refractivity contribution in [3.8, 4) is 6.07 Å².